The van der Waals surface area contributed by atoms with Gasteiger partial charge in [-0.05, 0) is 12.5 Å². The molecule has 88 valence electrons. The number of amides is 1. The second-order valence-electron chi connectivity index (χ2n) is 3.32. The summed E-state index contributed by atoms with van der Waals surface area (Å²) in [6.07, 6.45) is 1.76. The number of carboxylic acids is 1. The third kappa shape index (κ3) is 3.27. The maximum atomic E-state index is 11.7. The summed E-state index contributed by atoms with van der Waals surface area (Å²) < 4.78 is 4.94. The van der Waals surface area contributed by atoms with E-state index in [9.17, 15) is 9.59 Å². The first-order valence-electron chi connectivity index (χ1n) is 4.72. The van der Waals surface area contributed by atoms with Gasteiger partial charge in [-0.3, -0.25) is 9.59 Å². The van der Waals surface area contributed by atoms with E-state index in [2.05, 4.69) is 0 Å². The normalized spacial score (nSPS) is 10.1. The summed E-state index contributed by atoms with van der Waals surface area (Å²) in [4.78, 5) is 23.4. The highest BCUT2D eigenvalue weighted by Gasteiger charge is 2.18. The van der Waals surface area contributed by atoms with Gasteiger partial charge in [-0.15, -0.1) is 0 Å². The molecule has 16 heavy (non-hydrogen) atoms. The molecule has 5 nitrogen and oxygen atoms in total. The standard InChI is InChI=1S/C10H12ClNO4/c1-12(5-2-3-8(13)14)10(15)9-7(11)4-6-16-9/h4,6H,2-3,5H2,1H3,(H,13,14). The monoisotopic (exact) mass is 245 g/mol. The molecule has 1 heterocycles. The molecular formula is C10H12ClNO4. The smallest absolute Gasteiger partial charge is 0.303 e. The van der Waals surface area contributed by atoms with E-state index >= 15 is 0 Å². The van der Waals surface area contributed by atoms with E-state index in [-0.39, 0.29) is 23.1 Å². The highest BCUT2D eigenvalue weighted by molar-refractivity contribution is 6.33. The second-order valence-corrected chi connectivity index (χ2v) is 3.73. The van der Waals surface area contributed by atoms with Crippen molar-refractivity contribution < 1.29 is 19.1 Å². The predicted molar refractivity (Wildman–Crippen MR) is 57.5 cm³/mol. The molecule has 1 N–H and O–H groups in total. The quantitative estimate of drug-likeness (QED) is 0.860. The van der Waals surface area contributed by atoms with Gasteiger partial charge in [0.2, 0.25) is 5.76 Å². The number of carbonyl (C=O) groups is 2. The molecule has 0 bridgehead atoms. The first-order chi connectivity index (χ1) is 7.52. The Morgan fingerprint density at radius 2 is 2.25 bits per heavy atom. The Morgan fingerprint density at radius 1 is 1.56 bits per heavy atom. The number of halogens is 1. The second kappa shape index (κ2) is 5.55. The highest BCUT2D eigenvalue weighted by atomic mass is 35.5. The summed E-state index contributed by atoms with van der Waals surface area (Å²) in [6.45, 7) is 0.349. The van der Waals surface area contributed by atoms with Crippen LogP contribution in [0.15, 0.2) is 16.7 Å². The Bertz CT molecular complexity index is 388. The summed E-state index contributed by atoms with van der Waals surface area (Å²) in [6, 6.07) is 1.49. The maximum Gasteiger partial charge on any atom is 0.303 e. The van der Waals surface area contributed by atoms with Crippen molar-refractivity contribution in [3.63, 3.8) is 0 Å². The van der Waals surface area contributed by atoms with Gasteiger partial charge in [0, 0.05) is 20.0 Å². The molecule has 0 saturated carbocycles. The van der Waals surface area contributed by atoms with Crippen molar-refractivity contribution in [3.8, 4) is 0 Å². The number of rotatable bonds is 5. The van der Waals surface area contributed by atoms with Crippen LogP contribution in [0.2, 0.25) is 5.02 Å². The van der Waals surface area contributed by atoms with Gasteiger partial charge in [0.1, 0.15) is 0 Å². The molecule has 1 aromatic rings. The fourth-order valence-electron chi connectivity index (χ4n) is 1.19. The summed E-state index contributed by atoms with van der Waals surface area (Å²) in [5.74, 6) is -1.14. The van der Waals surface area contributed by atoms with Gasteiger partial charge in [-0.1, -0.05) is 11.6 Å². The molecule has 1 amide bonds. The van der Waals surface area contributed by atoms with E-state index < -0.39 is 5.97 Å². The largest absolute Gasteiger partial charge is 0.481 e. The van der Waals surface area contributed by atoms with Crippen molar-refractivity contribution in [1.29, 1.82) is 0 Å². The summed E-state index contributed by atoms with van der Waals surface area (Å²) in [5, 5.41) is 8.71. The Kier molecular flexibility index (Phi) is 4.37. The number of aliphatic carboxylic acids is 1. The molecule has 0 saturated heterocycles. The van der Waals surface area contributed by atoms with Gasteiger partial charge in [0.15, 0.2) is 0 Å². The Morgan fingerprint density at radius 3 is 2.75 bits per heavy atom. The van der Waals surface area contributed by atoms with E-state index in [1.165, 1.54) is 17.2 Å². The molecule has 0 fully saturated rings. The lowest BCUT2D eigenvalue weighted by atomic mass is 10.3. The van der Waals surface area contributed by atoms with Crippen LogP contribution in [0.25, 0.3) is 0 Å². The summed E-state index contributed by atoms with van der Waals surface area (Å²) in [7, 11) is 1.57. The highest BCUT2D eigenvalue weighted by Crippen LogP contribution is 2.18. The van der Waals surface area contributed by atoms with Crippen molar-refractivity contribution in [1.82, 2.24) is 4.90 Å². The first kappa shape index (κ1) is 12.6. The molecule has 0 aliphatic carbocycles. The molecule has 0 aliphatic rings. The Hall–Kier alpha value is -1.49. The zero-order valence-corrected chi connectivity index (χ0v) is 9.53. The molecule has 0 atom stereocenters. The Labute approximate surface area is 97.6 Å². The fraction of sp³-hybridized carbons (Fsp3) is 0.400. The van der Waals surface area contributed by atoms with Crippen LogP contribution in [0.4, 0.5) is 0 Å². The van der Waals surface area contributed by atoms with Crippen molar-refractivity contribution in [2.45, 2.75) is 12.8 Å². The number of furan rings is 1. The zero-order chi connectivity index (χ0) is 12.1. The fourth-order valence-corrected chi connectivity index (χ4v) is 1.37. The number of hydrogen-bond acceptors (Lipinski definition) is 3. The minimum atomic E-state index is -0.878. The minimum Gasteiger partial charge on any atom is -0.481 e. The third-order valence-electron chi connectivity index (χ3n) is 2.04. The minimum absolute atomic E-state index is 0.0313. The molecule has 0 aliphatic heterocycles. The molecule has 1 aromatic heterocycles. The van der Waals surface area contributed by atoms with Crippen LogP contribution in [0, 0.1) is 0 Å². The average molecular weight is 246 g/mol. The number of hydrogen-bond donors (Lipinski definition) is 1. The van der Waals surface area contributed by atoms with Gasteiger partial charge in [-0.25, -0.2) is 0 Å². The summed E-state index contributed by atoms with van der Waals surface area (Å²) >= 11 is 5.73. The van der Waals surface area contributed by atoms with Gasteiger partial charge in [0.05, 0.1) is 11.3 Å². The van der Waals surface area contributed by atoms with Gasteiger partial charge < -0.3 is 14.4 Å². The summed E-state index contributed by atoms with van der Waals surface area (Å²) in [5.41, 5.74) is 0. The SMILES string of the molecule is CN(CCCC(=O)O)C(=O)c1occc1Cl. The number of carboxylic acid groups (broad SMARTS) is 1. The van der Waals surface area contributed by atoms with E-state index in [1.54, 1.807) is 7.05 Å². The van der Waals surface area contributed by atoms with Crippen LogP contribution in [0.1, 0.15) is 23.4 Å². The van der Waals surface area contributed by atoms with Gasteiger partial charge in [0.25, 0.3) is 5.91 Å². The van der Waals surface area contributed by atoms with Crippen LogP contribution in [-0.4, -0.2) is 35.5 Å². The predicted octanol–water partition coefficient (Wildman–Crippen LogP) is 1.87. The van der Waals surface area contributed by atoms with E-state index in [0.29, 0.717) is 13.0 Å². The molecule has 0 radical (unpaired) electrons. The third-order valence-corrected chi connectivity index (χ3v) is 2.34. The van der Waals surface area contributed by atoms with Crippen LogP contribution < -0.4 is 0 Å². The van der Waals surface area contributed by atoms with E-state index in [0.717, 1.165) is 0 Å². The lowest BCUT2D eigenvalue weighted by Gasteiger charge is -2.14. The number of carbonyl (C=O) groups excluding carboxylic acids is 1. The Balaban J connectivity index is 2.49. The lowest BCUT2D eigenvalue weighted by molar-refractivity contribution is -0.137. The van der Waals surface area contributed by atoms with E-state index in [4.69, 9.17) is 21.1 Å². The molecule has 1 rings (SSSR count). The molecule has 0 spiro atoms. The molecule has 0 aromatic carbocycles. The van der Waals surface area contributed by atoms with Crippen LogP contribution in [0.5, 0.6) is 0 Å². The lowest BCUT2D eigenvalue weighted by Crippen LogP contribution is -2.27. The number of nitrogens with zero attached hydrogens (tertiary/aromatic N) is 1. The molecule has 6 heteroatoms. The molecule has 0 unspecified atom stereocenters. The van der Waals surface area contributed by atoms with Gasteiger partial charge in [-0.2, -0.15) is 0 Å². The van der Waals surface area contributed by atoms with Crippen LogP contribution in [-0.2, 0) is 4.79 Å². The van der Waals surface area contributed by atoms with Crippen LogP contribution in [0.3, 0.4) is 0 Å². The first-order valence-corrected chi connectivity index (χ1v) is 5.10. The van der Waals surface area contributed by atoms with Gasteiger partial charge >= 0.3 is 5.97 Å². The van der Waals surface area contributed by atoms with Crippen LogP contribution >= 0.6 is 11.6 Å². The maximum absolute atomic E-state index is 11.7. The average Bonchev–Trinajstić information content (AvgIpc) is 2.62. The van der Waals surface area contributed by atoms with Crippen molar-refractivity contribution in [3.05, 3.63) is 23.1 Å². The topological polar surface area (TPSA) is 70.8 Å². The van der Waals surface area contributed by atoms with E-state index in [1.807, 2.05) is 0 Å². The molecular weight excluding hydrogens is 234 g/mol. The van der Waals surface area contributed by atoms with Crippen molar-refractivity contribution >= 4 is 23.5 Å². The van der Waals surface area contributed by atoms with Crippen molar-refractivity contribution in [2.24, 2.45) is 0 Å². The zero-order valence-electron chi connectivity index (χ0n) is 8.77. The van der Waals surface area contributed by atoms with Crippen molar-refractivity contribution in [2.75, 3.05) is 13.6 Å².